The molecule has 0 N–H and O–H groups in total. The lowest BCUT2D eigenvalue weighted by atomic mass is 10.1. The smallest absolute Gasteiger partial charge is 0.289 e. The summed E-state index contributed by atoms with van der Waals surface area (Å²) in [7, 11) is 1.57. The van der Waals surface area contributed by atoms with Crippen LogP contribution < -0.4 is 0 Å². The number of hydrogen-bond donors (Lipinski definition) is 0. The molecule has 3 nitrogen and oxygen atoms in total. The first-order chi connectivity index (χ1) is 9.40. The first kappa shape index (κ1) is 14.7. The van der Waals surface area contributed by atoms with E-state index in [0.717, 1.165) is 12.1 Å². The third-order valence-electron chi connectivity index (χ3n) is 3.11. The number of amides is 1. The first-order valence-corrected chi connectivity index (χ1v) is 6.67. The van der Waals surface area contributed by atoms with E-state index in [1.165, 1.54) is 11.0 Å². The van der Waals surface area contributed by atoms with Crippen molar-refractivity contribution in [1.82, 2.24) is 4.90 Å². The predicted octanol–water partition coefficient (Wildman–Crippen LogP) is 4.15. The molecule has 0 aliphatic carbocycles. The summed E-state index contributed by atoms with van der Waals surface area (Å²) in [4.78, 5) is 13.6. The van der Waals surface area contributed by atoms with Crippen molar-refractivity contribution in [2.45, 2.75) is 13.0 Å². The van der Waals surface area contributed by atoms with Gasteiger partial charge in [0.2, 0.25) is 0 Å². The molecule has 0 aliphatic rings. The average molecular weight is 344 g/mol. The van der Waals surface area contributed by atoms with Gasteiger partial charge in [-0.05, 0) is 52.7 Å². The van der Waals surface area contributed by atoms with Crippen LogP contribution in [0.5, 0.6) is 0 Å². The van der Waals surface area contributed by atoms with E-state index in [4.69, 9.17) is 4.42 Å². The van der Waals surface area contributed by atoms with Crippen molar-refractivity contribution in [3.63, 3.8) is 0 Å². The summed E-state index contributed by atoms with van der Waals surface area (Å²) in [6.45, 7) is 1.72. The fraction of sp³-hybridized carbons (Fsp3) is 0.214. The van der Waals surface area contributed by atoms with E-state index in [1.807, 2.05) is 0 Å². The van der Waals surface area contributed by atoms with Gasteiger partial charge in [0.1, 0.15) is 0 Å². The molecule has 1 unspecified atom stereocenters. The van der Waals surface area contributed by atoms with E-state index >= 15 is 0 Å². The van der Waals surface area contributed by atoms with Gasteiger partial charge in [-0.15, -0.1) is 0 Å². The highest BCUT2D eigenvalue weighted by atomic mass is 79.9. The third kappa shape index (κ3) is 2.90. The Hall–Kier alpha value is -1.69. The SMILES string of the molecule is CC(c1ccc(F)c(F)c1)N(C)C(=O)c1ccc(Br)o1. The Morgan fingerprint density at radius 2 is 1.95 bits per heavy atom. The quantitative estimate of drug-likeness (QED) is 0.838. The van der Waals surface area contributed by atoms with E-state index in [0.29, 0.717) is 10.2 Å². The van der Waals surface area contributed by atoms with Crippen molar-refractivity contribution < 1.29 is 18.0 Å². The molecule has 1 amide bonds. The van der Waals surface area contributed by atoms with Crippen LogP contribution in [0.15, 0.2) is 39.4 Å². The molecule has 20 heavy (non-hydrogen) atoms. The van der Waals surface area contributed by atoms with E-state index in [-0.39, 0.29) is 11.7 Å². The van der Waals surface area contributed by atoms with Gasteiger partial charge in [0.25, 0.3) is 5.91 Å². The summed E-state index contributed by atoms with van der Waals surface area (Å²) < 4.78 is 31.8. The maximum atomic E-state index is 13.2. The minimum absolute atomic E-state index is 0.175. The zero-order valence-electron chi connectivity index (χ0n) is 10.9. The van der Waals surface area contributed by atoms with Gasteiger partial charge in [-0.2, -0.15) is 0 Å². The lowest BCUT2D eigenvalue weighted by Gasteiger charge is -2.24. The second-order valence-electron chi connectivity index (χ2n) is 4.37. The molecular weight excluding hydrogens is 332 g/mol. The van der Waals surface area contributed by atoms with Crippen LogP contribution in [0.1, 0.15) is 29.1 Å². The summed E-state index contributed by atoms with van der Waals surface area (Å²) >= 11 is 3.12. The zero-order valence-corrected chi connectivity index (χ0v) is 12.4. The molecular formula is C14H12BrF2NO2. The molecule has 0 aliphatic heterocycles. The molecule has 0 saturated carbocycles. The van der Waals surface area contributed by atoms with Gasteiger partial charge < -0.3 is 9.32 Å². The highest BCUT2D eigenvalue weighted by molar-refractivity contribution is 9.10. The highest BCUT2D eigenvalue weighted by Gasteiger charge is 2.22. The lowest BCUT2D eigenvalue weighted by Crippen LogP contribution is -2.29. The number of halogens is 3. The van der Waals surface area contributed by atoms with Crippen LogP contribution in [0.3, 0.4) is 0 Å². The predicted molar refractivity (Wildman–Crippen MR) is 73.3 cm³/mol. The van der Waals surface area contributed by atoms with Crippen molar-refractivity contribution in [3.05, 3.63) is 58.0 Å². The second-order valence-corrected chi connectivity index (χ2v) is 5.15. The van der Waals surface area contributed by atoms with Crippen molar-refractivity contribution in [2.75, 3.05) is 7.05 Å². The number of carbonyl (C=O) groups is 1. The van der Waals surface area contributed by atoms with Crippen molar-refractivity contribution >= 4 is 21.8 Å². The van der Waals surface area contributed by atoms with Crippen LogP contribution in [-0.2, 0) is 0 Å². The van der Waals surface area contributed by atoms with Crippen molar-refractivity contribution in [2.24, 2.45) is 0 Å². The molecule has 1 atom stereocenters. The van der Waals surface area contributed by atoms with Crippen LogP contribution in [-0.4, -0.2) is 17.9 Å². The molecule has 2 aromatic rings. The highest BCUT2D eigenvalue weighted by Crippen LogP contribution is 2.23. The Balaban J connectivity index is 2.21. The molecule has 0 saturated heterocycles. The fourth-order valence-electron chi connectivity index (χ4n) is 1.77. The molecule has 2 rings (SSSR count). The molecule has 0 spiro atoms. The Labute approximate surface area is 123 Å². The minimum atomic E-state index is -0.934. The summed E-state index contributed by atoms with van der Waals surface area (Å²) in [5.74, 6) is -2.01. The number of nitrogens with zero attached hydrogens (tertiary/aromatic N) is 1. The van der Waals surface area contributed by atoms with Crippen molar-refractivity contribution in [1.29, 1.82) is 0 Å². The normalized spacial score (nSPS) is 12.2. The van der Waals surface area contributed by atoms with Gasteiger partial charge >= 0.3 is 0 Å². The summed E-state index contributed by atoms with van der Waals surface area (Å²) in [5, 5.41) is 0. The Morgan fingerprint density at radius 1 is 1.25 bits per heavy atom. The molecule has 0 fully saturated rings. The van der Waals surface area contributed by atoms with Gasteiger partial charge in [-0.1, -0.05) is 6.07 Å². The number of furan rings is 1. The Morgan fingerprint density at radius 3 is 2.50 bits per heavy atom. The molecule has 1 aromatic heterocycles. The number of carbonyl (C=O) groups excluding carboxylic acids is 1. The summed E-state index contributed by atoms with van der Waals surface area (Å²) in [6.07, 6.45) is 0. The average Bonchev–Trinajstić information content (AvgIpc) is 2.86. The number of hydrogen-bond acceptors (Lipinski definition) is 2. The maximum absolute atomic E-state index is 13.2. The van der Waals surface area contributed by atoms with Gasteiger partial charge in [-0.3, -0.25) is 4.79 Å². The van der Waals surface area contributed by atoms with Crippen LogP contribution in [0.2, 0.25) is 0 Å². The molecule has 106 valence electrons. The Bertz CT molecular complexity index is 642. The van der Waals surface area contributed by atoms with Crippen LogP contribution in [0, 0.1) is 11.6 Å². The third-order valence-corrected chi connectivity index (χ3v) is 3.54. The summed E-state index contributed by atoms with van der Waals surface area (Å²) in [5.41, 5.74) is 0.505. The topological polar surface area (TPSA) is 33.5 Å². The fourth-order valence-corrected chi connectivity index (χ4v) is 2.08. The Kier molecular flexibility index (Phi) is 4.23. The van der Waals surface area contributed by atoms with Gasteiger partial charge in [0, 0.05) is 7.05 Å². The van der Waals surface area contributed by atoms with Gasteiger partial charge in [0.15, 0.2) is 22.1 Å². The first-order valence-electron chi connectivity index (χ1n) is 5.87. The van der Waals surface area contributed by atoms with E-state index in [9.17, 15) is 13.6 Å². The standard InChI is InChI=1S/C14H12BrF2NO2/c1-8(9-3-4-10(16)11(17)7-9)18(2)14(19)12-5-6-13(15)20-12/h3-8H,1-2H3. The van der Waals surface area contributed by atoms with Crippen LogP contribution in [0.4, 0.5) is 8.78 Å². The molecule has 1 heterocycles. The van der Waals surface area contributed by atoms with Crippen LogP contribution >= 0.6 is 15.9 Å². The van der Waals surface area contributed by atoms with E-state index in [1.54, 1.807) is 26.1 Å². The number of benzene rings is 1. The van der Waals surface area contributed by atoms with E-state index < -0.39 is 17.7 Å². The second kappa shape index (κ2) is 5.75. The minimum Gasteiger partial charge on any atom is -0.444 e. The van der Waals surface area contributed by atoms with Gasteiger partial charge in [-0.25, -0.2) is 8.78 Å². The monoisotopic (exact) mass is 343 g/mol. The lowest BCUT2D eigenvalue weighted by molar-refractivity contribution is 0.0708. The number of rotatable bonds is 3. The van der Waals surface area contributed by atoms with Crippen molar-refractivity contribution in [3.8, 4) is 0 Å². The largest absolute Gasteiger partial charge is 0.444 e. The summed E-state index contributed by atoms with van der Waals surface area (Å²) in [6, 6.07) is 6.32. The molecule has 1 aromatic carbocycles. The maximum Gasteiger partial charge on any atom is 0.289 e. The van der Waals surface area contributed by atoms with Gasteiger partial charge in [0.05, 0.1) is 6.04 Å². The molecule has 6 heteroatoms. The zero-order chi connectivity index (χ0) is 14.9. The molecule has 0 radical (unpaired) electrons. The molecule has 0 bridgehead atoms. The van der Waals surface area contributed by atoms with E-state index in [2.05, 4.69) is 15.9 Å². The van der Waals surface area contributed by atoms with Crippen LogP contribution in [0.25, 0.3) is 0 Å².